The molecule has 0 radical (unpaired) electrons. The van der Waals surface area contributed by atoms with Gasteiger partial charge in [0.25, 0.3) is 5.91 Å². The van der Waals surface area contributed by atoms with Gasteiger partial charge in [-0.3, -0.25) is 4.79 Å². The lowest BCUT2D eigenvalue weighted by molar-refractivity contribution is -0.131. The van der Waals surface area contributed by atoms with Crippen LogP contribution in [0, 0.1) is 5.92 Å². The van der Waals surface area contributed by atoms with Gasteiger partial charge in [-0.15, -0.1) is 0 Å². The minimum atomic E-state index is 0.280. The fraction of sp³-hybridized carbons (Fsp3) is 0.786. The van der Waals surface area contributed by atoms with E-state index in [9.17, 15) is 4.79 Å². The Bertz CT molecular complexity index is 327. The smallest absolute Gasteiger partial charge is 0.253 e. The van der Waals surface area contributed by atoms with Crippen molar-refractivity contribution in [1.82, 2.24) is 10.2 Å². The topological polar surface area (TPSA) is 32.3 Å². The first-order chi connectivity index (χ1) is 8.15. The van der Waals surface area contributed by atoms with Crippen LogP contribution in [0.5, 0.6) is 0 Å². The zero-order valence-corrected chi connectivity index (χ0v) is 11.3. The van der Waals surface area contributed by atoms with Crippen LogP contribution in [0.15, 0.2) is 11.3 Å². The number of nitrogens with one attached hydrogen (secondary N) is 1. The van der Waals surface area contributed by atoms with E-state index in [4.69, 9.17) is 0 Å². The van der Waals surface area contributed by atoms with Gasteiger partial charge in [0.05, 0.1) is 6.67 Å². The van der Waals surface area contributed by atoms with E-state index in [1.165, 1.54) is 25.7 Å². The molecule has 1 N–H and O–H groups in total. The van der Waals surface area contributed by atoms with Gasteiger partial charge in [-0.05, 0) is 25.2 Å². The maximum absolute atomic E-state index is 12.6. The molecule has 0 bridgehead atoms. The molecule has 1 amide bonds. The highest BCUT2D eigenvalue weighted by Gasteiger charge is 2.33. The third-order valence-corrected chi connectivity index (χ3v) is 3.98. The van der Waals surface area contributed by atoms with Gasteiger partial charge in [0.2, 0.25) is 0 Å². The number of hydrogen-bond donors (Lipinski definition) is 1. The molecule has 0 aromatic carbocycles. The Morgan fingerprint density at radius 1 is 1.35 bits per heavy atom. The van der Waals surface area contributed by atoms with Gasteiger partial charge in [-0.1, -0.05) is 33.6 Å². The first-order valence-electron chi connectivity index (χ1n) is 6.93. The van der Waals surface area contributed by atoms with Crippen molar-refractivity contribution >= 4 is 5.91 Å². The van der Waals surface area contributed by atoms with Crippen molar-refractivity contribution in [2.45, 2.75) is 58.9 Å². The average molecular weight is 236 g/mol. The van der Waals surface area contributed by atoms with E-state index in [-0.39, 0.29) is 5.91 Å². The Labute approximate surface area is 104 Å². The quantitative estimate of drug-likeness (QED) is 0.817. The van der Waals surface area contributed by atoms with Crippen molar-refractivity contribution in [2.24, 2.45) is 5.92 Å². The summed E-state index contributed by atoms with van der Waals surface area (Å²) in [5.41, 5.74) is 2.16. The predicted octanol–water partition coefficient (Wildman–Crippen LogP) is 2.64. The molecule has 1 saturated carbocycles. The number of rotatable bonds is 3. The number of carbonyl (C=O) groups excluding carboxylic acids is 1. The minimum Gasteiger partial charge on any atom is -0.371 e. The van der Waals surface area contributed by atoms with Gasteiger partial charge < -0.3 is 10.2 Å². The number of nitrogens with zero attached hydrogens (tertiary/aromatic N) is 1. The predicted molar refractivity (Wildman–Crippen MR) is 69.3 cm³/mol. The molecule has 0 aromatic heterocycles. The number of allylic oxidation sites excluding steroid dienone is 1. The van der Waals surface area contributed by atoms with Crippen LogP contribution in [0.3, 0.4) is 0 Å². The van der Waals surface area contributed by atoms with Crippen molar-refractivity contribution in [2.75, 3.05) is 6.67 Å². The highest BCUT2D eigenvalue weighted by atomic mass is 16.2. The average Bonchev–Trinajstić information content (AvgIpc) is 2.81. The number of amides is 1. The molecule has 3 nitrogen and oxygen atoms in total. The van der Waals surface area contributed by atoms with E-state index in [2.05, 4.69) is 31.0 Å². The molecule has 0 saturated heterocycles. The summed E-state index contributed by atoms with van der Waals surface area (Å²) in [7, 11) is 0. The summed E-state index contributed by atoms with van der Waals surface area (Å²) in [4.78, 5) is 14.6. The highest BCUT2D eigenvalue weighted by molar-refractivity contribution is 5.95. The lowest BCUT2D eigenvalue weighted by atomic mass is 9.96. The molecular weight excluding hydrogens is 212 g/mol. The largest absolute Gasteiger partial charge is 0.371 e. The Kier molecular flexibility index (Phi) is 3.75. The van der Waals surface area contributed by atoms with Gasteiger partial charge in [0, 0.05) is 17.3 Å². The van der Waals surface area contributed by atoms with E-state index in [0.717, 1.165) is 17.7 Å². The van der Waals surface area contributed by atoms with Crippen LogP contribution in [-0.4, -0.2) is 23.5 Å². The molecular formula is C14H24N2O. The molecule has 1 aliphatic heterocycles. The Morgan fingerprint density at radius 3 is 2.53 bits per heavy atom. The summed E-state index contributed by atoms with van der Waals surface area (Å²) >= 11 is 0. The van der Waals surface area contributed by atoms with Crippen LogP contribution < -0.4 is 5.32 Å². The summed E-state index contributed by atoms with van der Waals surface area (Å²) in [5, 5.41) is 3.44. The van der Waals surface area contributed by atoms with Crippen LogP contribution in [0.2, 0.25) is 0 Å². The lowest BCUT2D eigenvalue weighted by Crippen LogP contribution is -2.50. The van der Waals surface area contributed by atoms with E-state index < -0.39 is 0 Å². The molecule has 0 aromatic rings. The third kappa shape index (κ3) is 2.33. The summed E-state index contributed by atoms with van der Waals surface area (Å²) in [6.45, 7) is 7.05. The minimum absolute atomic E-state index is 0.280. The molecule has 3 heteroatoms. The van der Waals surface area contributed by atoms with E-state index in [1.807, 2.05) is 0 Å². The first-order valence-corrected chi connectivity index (χ1v) is 6.93. The van der Waals surface area contributed by atoms with E-state index in [0.29, 0.717) is 18.6 Å². The third-order valence-electron chi connectivity index (χ3n) is 3.98. The molecule has 2 aliphatic rings. The fourth-order valence-corrected chi connectivity index (χ4v) is 3.05. The van der Waals surface area contributed by atoms with Crippen LogP contribution in [0.25, 0.3) is 0 Å². The van der Waals surface area contributed by atoms with Crippen LogP contribution in [0.1, 0.15) is 52.9 Å². The second kappa shape index (κ2) is 5.11. The SMILES string of the molecule is CCC1=C(C(C)C)C(=O)N(C2CCCC2)CN1. The van der Waals surface area contributed by atoms with Crippen LogP contribution in [0.4, 0.5) is 0 Å². The van der Waals surface area contributed by atoms with Crippen molar-refractivity contribution in [3.8, 4) is 0 Å². The van der Waals surface area contributed by atoms with Gasteiger partial charge in [-0.2, -0.15) is 0 Å². The summed E-state index contributed by atoms with van der Waals surface area (Å²) in [5.74, 6) is 0.594. The van der Waals surface area contributed by atoms with Crippen molar-refractivity contribution in [3.05, 3.63) is 11.3 Å². The number of carbonyl (C=O) groups is 1. The van der Waals surface area contributed by atoms with Crippen LogP contribution >= 0.6 is 0 Å². The Balaban J connectivity index is 2.20. The second-order valence-corrected chi connectivity index (χ2v) is 5.45. The highest BCUT2D eigenvalue weighted by Crippen LogP contribution is 2.29. The maximum Gasteiger partial charge on any atom is 0.253 e. The molecule has 0 spiro atoms. The molecule has 1 aliphatic carbocycles. The van der Waals surface area contributed by atoms with Gasteiger partial charge in [0.15, 0.2) is 0 Å². The van der Waals surface area contributed by atoms with E-state index >= 15 is 0 Å². The van der Waals surface area contributed by atoms with Crippen molar-refractivity contribution < 1.29 is 4.79 Å². The monoisotopic (exact) mass is 236 g/mol. The molecule has 1 fully saturated rings. The summed E-state index contributed by atoms with van der Waals surface area (Å²) < 4.78 is 0. The molecule has 0 atom stereocenters. The first kappa shape index (κ1) is 12.5. The standard InChI is InChI=1S/C14H24N2O/c1-4-12-13(10(2)3)14(17)16(9-15-12)11-7-5-6-8-11/h10-11,15H,4-9H2,1-3H3. The molecule has 2 rings (SSSR count). The fourth-order valence-electron chi connectivity index (χ4n) is 3.05. The van der Waals surface area contributed by atoms with Crippen molar-refractivity contribution in [3.63, 3.8) is 0 Å². The summed E-state index contributed by atoms with van der Waals surface area (Å²) in [6.07, 6.45) is 5.84. The van der Waals surface area contributed by atoms with Gasteiger partial charge >= 0.3 is 0 Å². The molecule has 17 heavy (non-hydrogen) atoms. The summed E-state index contributed by atoms with van der Waals surface area (Å²) in [6, 6.07) is 0.474. The Hall–Kier alpha value is -0.990. The van der Waals surface area contributed by atoms with Gasteiger partial charge in [0.1, 0.15) is 0 Å². The molecule has 1 heterocycles. The van der Waals surface area contributed by atoms with Crippen molar-refractivity contribution in [1.29, 1.82) is 0 Å². The molecule has 0 unspecified atom stereocenters. The zero-order valence-electron chi connectivity index (χ0n) is 11.3. The maximum atomic E-state index is 12.6. The van der Waals surface area contributed by atoms with Gasteiger partial charge in [-0.25, -0.2) is 0 Å². The number of hydrogen-bond acceptors (Lipinski definition) is 2. The second-order valence-electron chi connectivity index (χ2n) is 5.45. The zero-order chi connectivity index (χ0) is 12.4. The van der Waals surface area contributed by atoms with E-state index in [1.54, 1.807) is 0 Å². The van der Waals surface area contributed by atoms with Crippen LogP contribution in [-0.2, 0) is 4.79 Å². The molecule has 96 valence electrons. The normalized spacial score (nSPS) is 22.6. The lowest BCUT2D eigenvalue weighted by Gasteiger charge is -2.36. The Morgan fingerprint density at radius 2 is 2.00 bits per heavy atom.